The fourth-order valence-electron chi connectivity index (χ4n) is 1.63. The van der Waals surface area contributed by atoms with E-state index in [0.29, 0.717) is 0 Å². The van der Waals surface area contributed by atoms with Crippen molar-refractivity contribution in [2.45, 2.75) is 23.8 Å². The van der Waals surface area contributed by atoms with Crippen molar-refractivity contribution in [3.8, 4) is 0 Å². The number of benzene rings is 1. The molecule has 0 radical (unpaired) electrons. The Labute approximate surface area is 93.8 Å². The molecule has 1 fully saturated rings. The molecule has 2 rings (SSSR count). The predicted molar refractivity (Wildman–Crippen MR) is 57.2 cm³/mol. The standard InChI is InChI=1S/C11H13FO3S/c12-9-3-1-2-4-11(9)16(14,15)7-10(13)8-5-6-8/h1-4,8,10,13H,5-7H2. The maximum absolute atomic E-state index is 13.3. The third-order valence-corrected chi connectivity index (χ3v) is 4.51. The van der Waals surface area contributed by atoms with Crippen LogP contribution in [0.25, 0.3) is 0 Å². The van der Waals surface area contributed by atoms with E-state index < -0.39 is 27.5 Å². The summed E-state index contributed by atoms with van der Waals surface area (Å²) in [4.78, 5) is -0.324. The summed E-state index contributed by atoms with van der Waals surface area (Å²) in [6, 6.07) is 5.24. The van der Waals surface area contributed by atoms with Gasteiger partial charge in [0.25, 0.3) is 0 Å². The Bertz CT molecular complexity index is 480. The molecule has 0 amide bonds. The predicted octanol–water partition coefficient (Wildman–Crippen LogP) is 1.37. The monoisotopic (exact) mass is 244 g/mol. The van der Waals surface area contributed by atoms with Gasteiger partial charge in [-0.2, -0.15) is 0 Å². The summed E-state index contributed by atoms with van der Waals surface area (Å²) in [6.07, 6.45) is 0.840. The van der Waals surface area contributed by atoms with Gasteiger partial charge in [-0.05, 0) is 30.9 Å². The van der Waals surface area contributed by atoms with Crippen LogP contribution in [-0.2, 0) is 9.84 Å². The van der Waals surface area contributed by atoms with E-state index in [0.717, 1.165) is 18.9 Å². The number of sulfone groups is 1. The summed E-state index contributed by atoms with van der Waals surface area (Å²) >= 11 is 0. The van der Waals surface area contributed by atoms with Crippen molar-refractivity contribution in [3.05, 3.63) is 30.1 Å². The Morgan fingerprint density at radius 1 is 1.38 bits per heavy atom. The summed E-state index contributed by atoms with van der Waals surface area (Å²) in [5.41, 5.74) is 0. The van der Waals surface area contributed by atoms with Crippen LogP contribution >= 0.6 is 0 Å². The normalized spacial score (nSPS) is 18.4. The molecule has 5 heteroatoms. The molecule has 88 valence electrons. The number of aliphatic hydroxyl groups excluding tert-OH is 1. The first-order chi connectivity index (χ1) is 7.50. The SMILES string of the molecule is O=S(=O)(CC(O)C1CC1)c1ccccc1F. The molecular weight excluding hydrogens is 231 g/mol. The van der Waals surface area contributed by atoms with Crippen LogP contribution in [0.1, 0.15) is 12.8 Å². The van der Waals surface area contributed by atoms with Gasteiger partial charge in [0, 0.05) is 0 Å². The third kappa shape index (κ3) is 2.41. The van der Waals surface area contributed by atoms with Gasteiger partial charge in [-0.25, -0.2) is 12.8 Å². The molecule has 1 unspecified atom stereocenters. The Morgan fingerprint density at radius 2 is 2.00 bits per heavy atom. The highest BCUT2D eigenvalue weighted by molar-refractivity contribution is 7.91. The minimum atomic E-state index is -3.72. The van der Waals surface area contributed by atoms with Crippen molar-refractivity contribution in [1.29, 1.82) is 0 Å². The number of hydrogen-bond donors (Lipinski definition) is 1. The average molecular weight is 244 g/mol. The number of rotatable bonds is 4. The Kier molecular flexibility index (Phi) is 2.99. The van der Waals surface area contributed by atoms with Crippen LogP contribution in [-0.4, -0.2) is 25.4 Å². The van der Waals surface area contributed by atoms with Gasteiger partial charge in [0.15, 0.2) is 9.84 Å². The second-order valence-corrected chi connectivity index (χ2v) is 6.12. The van der Waals surface area contributed by atoms with E-state index in [2.05, 4.69) is 0 Å². The molecule has 0 heterocycles. The van der Waals surface area contributed by atoms with Crippen LogP contribution in [0.2, 0.25) is 0 Å². The van der Waals surface area contributed by atoms with Gasteiger partial charge in [-0.3, -0.25) is 0 Å². The van der Waals surface area contributed by atoms with E-state index >= 15 is 0 Å². The molecule has 1 aromatic carbocycles. The minimum absolute atomic E-state index is 0.0709. The molecule has 0 aromatic heterocycles. The highest BCUT2D eigenvalue weighted by Gasteiger charge is 2.34. The summed E-state index contributed by atoms with van der Waals surface area (Å²) in [5, 5.41) is 9.58. The Morgan fingerprint density at radius 3 is 2.56 bits per heavy atom. The zero-order chi connectivity index (χ0) is 11.8. The molecule has 1 atom stereocenters. The van der Waals surface area contributed by atoms with Gasteiger partial charge >= 0.3 is 0 Å². The molecule has 0 bridgehead atoms. The maximum Gasteiger partial charge on any atom is 0.183 e. The van der Waals surface area contributed by atoms with Crippen LogP contribution in [0, 0.1) is 11.7 Å². The van der Waals surface area contributed by atoms with E-state index in [1.807, 2.05) is 0 Å². The maximum atomic E-state index is 13.3. The lowest BCUT2D eigenvalue weighted by molar-refractivity contribution is 0.174. The largest absolute Gasteiger partial charge is 0.392 e. The quantitative estimate of drug-likeness (QED) is 0.870. The van der Waals surface area contributed by atoms with Crippen LogP contribution in [0.3, 0.4) is 0 Å². The molecule has 16 heavy (non-hydrogen) atoms. The lowest BCUT2D eigenvalue weighted by Gasteiger charge is -2.10. The molecule has 1 saturated carbocycles. The van der Waals surface area contributed by atoms with Crippen LogP contribution < -0.4 is 0 Å². The summed E-state index contributed by atoms with van der Waals surface area (Å²) in [5.74, 6) is -1.08. The molecule has 1 aliphatic rings. The summed E-state index contributed by atoms with van der Waals surface area (Å²) < 4.78 is 36.9. The molecule has 1 N–H and O–H groups in total. The van der Waals surface area contributed by atoms with Gasteiger partial charge < -0.3 is 5.11 Å². The molecular formula is C11H13FO3S. The van der Waals surface area contributed by atoms with Crippen molar-refractivity contribution in [2.75, 3.05) is 5.75 Å². The highest BCUT2D eigenvalue weighted by atomic mass is 32.2. The van der Waals surface area contributed by atoms with Gasteiger partial charge in [-0.15, -0.1) is 0 Å². The van der Waals surface area contributed by atoms with Crippen LogP contribution in [0.5, 0.6) is 0 Å². The lowest BCUT2D eigenvalue weighted by atomic mass is 10.3. The zero-order valence-corrected chi connectivity index (χ0v) is 9.45. The molecule has 1 aliphatic carbocycles. The molecule has 0 saturated heterocycles. The Balaban J connectivity index is 2.21. The molecule has 1 aromatic rings. The van der Waals surface area contributed by atoms with Crippen molar-refractivity contribution in [2.24, 2.45) is 5.92 Å². The second-order valence-electron chi connectivity index (χ2n) is 4.12. The molecule has 0 spiro atoms. The van der Waals surface area contributed by atoms with Crippen molar-refractivity contribution in [3.63, 3.8) is 0 Å². The zero-order valence-electron chi connectivity index (χ0n) is 8.64. The fourth-order valence-corrected chi connectivity index (χ4v) is 3.18. The van der Waals surface area contributed by atoms with E-state index in [-0.39, 0.29) is 10.8 Å². The second kappa shape index (κ2) is 4.14. The van der Waals surface area contributed by atoms with E-state index in [4.69, 9.17) is 0 Å². The first kappa shape index (κ1) is 11.5. The first-order valence-electron chi connectivity index (χ1n) is 5.16. The lowest BCUT2D eigenvalue weighted by Crippen LogP contribution is -2.23. The average Bonchev–Trinajstić information content (AvgIpc) is 3.00. The molecule has 0 aliphatic heterocycles. The number of hydrogen-bond acceptors (Lipinski definition) is 3. The van der Waals surface area contributed by atoms with E-state index in [9.17, 15) is 17.9 Å². The van der Waals surface area contributed by atoms with Gasteiger partial charge in [0.1, 0.15) is 10.7 Å². The van der Waals surface area contributed by atoms with Crippen molar-refractivity contribution < 1.29 is 17.9 Å². The minimum Gasteiger partial charge on any atom is -0.392 e. The number of aliphatic hydroxyl groups is 1. The smallest absolute Gasteiger partial charge is 0.183 e. The first-order valence-corrected chi connectivity index (χ1v) is 6.81. The third-order valence-electron chi connectivity index (χ3n) is 2.73. The van der Waals surface area contributed by atoms with Crippen molar-refractivity contribution in [1.82, 2.24) is 0 Å². The number of halogens is 1. The van der Waals surface area contributed by atoms with Gasteiger partial charge in [0.2, 0.25) is 0 Å². The fraction of sp³-hybridized carbons (Fsp3) is 0.455. The van der Waals surface area contributed by atoms with Gasteiger partial charge in [0.05, 0.1) is 11.9 Å². The highest BCUT2D eigenvalue weighted by Crippen LogP contribution is 2.33. The topological polar surface area (TPSA) is 54.4 Å². The van der Waals surface area contributed by atoms with E-state index in [1.165, 1.54) is 18.2 Å². The summed E-state index contributed by atoms with van der Waals surface area (Å²) in [7, 11) is -3.72. The van der Waals surface area contributed by atoms with Crippen LogP contribution in [0.4, 0.5) is 4.39 Å². The van der Waals surface area contributed by atoms with Crippen molar-refractivity contribution >= 4 is 9.84 Å². The Hall–Kier alpha value is -0.940. The van der Waals surface area contributed by atoms with Crippen LogP contribution in [0.15, 0.2) is 29.2 Å². The van der Waals surface area contributed by atoms with E-state index in [1.54, 1.807) is 0 Å². The molecule has 3 nitrogen and oxygen atoms in total. The van der Waals surface area contributed by atoms with Gasteiger partial charge in [-0.1, -0.05) is 12.1 Å². The summed E-state index contributed by atoms with van der Waals surface area (Å²) in [6.45, 7) is 0.